The summed E-state index contributed by atoms with van der Waals surface area (Å²) in [7, 11) is 0. The first kappa shape index (κ1) is 18.7. The lowest BCUT2D eigenvalue weighted by atomic mass is 10.1. The Bertz CT molecular complexity index is 915. The molecule has 0 atom stereocenters. The second kappa shape index (κ2) is 8.56. The Morgan fingerprint density at radius 3 is 2.57 bits per heavy atom. The molecule has 0 aliphatic carbocycles. The number of aromatic nitrogens is 3. The summed E-state index contributed by atoms with van der Waals surface area (Å²) in [6.45, 7) is 7.25. The first-order valence-electron chi connectivity index (χ1n) is 9.89. The van der Waals surface area contributed by atoms with Crippen molar-refractivity contribution >= 4 is 33.8 Å². The van der Waals surface area contributed by atoms with Gasteiger partial charge in [0.1, 0.15) is 0 Å². The van der Waals surface area contributed by atoms with Gasteiger partial charge in [0, 0.05) is 37.2 Å². The van der Waals surface area contributed by atoms with Crippen LogP contribution in [0.1, 0.15) is 31.9 Å². The van der Waals surface area contributed by atoms with Crippen LogP contribution in [0.3, 0.4) is 0 Å². The van der Waals surface area contributed by atoms with Crippen LogP contribution in [0.25, 0.3) is 10.6 Å². The molecule has 3 aromatic rings. The van der Waals surface area contributed by atoms with E-state index in [2.05, 4.69) is 56.7 Å². The monoisotopic (exact) mass is 394 g/mol. The van der Waals surface area contributed by atoms with Crippen molar-refractivity contribution in [3.8, 4) is 10.6 Å². The van der Waals surface area contributed by atoms with E-state index < -0.39 is 0 Å². The third-order valence-electron chi connectivity index (χ3n) is 4.86. The lowest BCUT2D eigenvalue weighted by molar-refractivity contribution is 0.578. The van der Waals surface area contributed by atoms with E-state index in [1.54, 1.807) is 17.5 Å². The molecule has 0 bridgehead atoms. The van der Waals surface area contributed by atoms with Crippen LogP contribution < -0.4 is 15.5 Å². The molecule has 0 unspecified atom stereocenters. The highest BCUT2D eigenvalue weighted by atomic mass is 32.1. The van der Waals surface area contributed by atoms with Crippen LogP contribution in [-0.2, 0) is 0 Å². The Morgan fingerprint density at radius 1 is 1.04 bits per heavy atom. The van der Waals surface area contributed by atoms with Crippen molar-refractivity contribution in [2.75, 3.05) is 35.2 Å². The summed E-state index contributed by atoms with van der Waals surface area (Å²) in [6, 6.07) is 10.5. The highest BCUT2D eigenvalue weighted by molar-refractivity contribution is 7.19. The Labute approximate surface area is 170 Å². The third kappa shape index (κ3) is 4.25. The Morgan fingerprint density at radius 2 is 1.82 bits per heavy atom. The van der Waals surface area contributed by atoms with Crippen LogP contribution in [0, 0.1) is 6.92 Å². The van der Waals surface area contributed by atoms with Gasteiger partial charge < -0.3 is 15.5 Å². The van der Waals surface area contributed by atoms with E-state index in [-0.39, 0.29) is 0 Å². The summed E-state index contributed by atoms with van der Waals surface area (Å²) in [6.07, 6.45) is 5.71. The van der Waals surface area contributed by atoms with Gasteiger partial charge in [-0.3, -0.25) is 0 Å². The van der Waals surface area contributed by atoms with E-state index in [0.717, 1.165) is 46.7 Å². The van der Waals surface area contributed by atoms with Gasteiger partial charge in [-0.05, 0) is 63.4 Å². The van der Waals surface area contributed by atoms with E-state index >= 15 is 0 Å². The molecule has 1 aliphatic heterocycles. The van der Waals surface area contributed by atoms with E-state index in [4.69, 9.17) is 4.98 Å². The van der Waals surface area contributed by atoms with Crippen LogP contribution >= 0.6 is 11.3 Å². The molecule has 2 aromatic heterocycles. The molecular weight excluding hydrogens is 368 g/mol. The molecule has 1 aliphatic rings. The summed E-state index contributed by atoms with van der Waals surface area (Å²) in [5.74, 6) is 0.598. The normalized spacial score (nSPS) is 14.1. The lowest BCUT2D eigenvalue weighted by Gasteiger charge is -2.28. The second-order valence-electron chi connectivity index (χ2n) is 6.95. The summed E-state index contributed by atoms with van der Waals surface area (Å²) in [4.78, 5) is 17.2. The van der Waals surface area contributed by atoms with Gasteiger partial charge in [-0.25, -0.2) is 15.0 Å². The van der Waals surface area contributed by atoms with Crippen LogP contribution in [0.4, 0.5) is 22.5 Å². The Hall–Kier alpha value is -2.67. The average Bonchev–Trinajstić information content (AvgIpc) is 3.10. The third-order valence-corrected chi connectivity index (χ3v) is 6.00. The molecule has 28 heavy (non-hydrogen) atoms. The van der Waals surface area contributed by atoms with Crippen molar-refractivity contribution in [1.82, 2.24) is 15.0 Å². The fourth-order valence-corrected chi connectivity index (χ4v) is 4.45. The van der Waals surface area contributed by atoms with Gasteiger partial charge in [-0.1, -0.05) is 11.3 Å². The zero-order valence-corrected chi connectivity index (χ0v) is 17.2. The number of nitrogens with one attached hydrogen (secondary N) is 2. The summed E-state index contributed by atoms with van der Waals surface area (Å²) in [5, 5.41) is 7.52. The van der Waals surface area contributed by atoms with Crippen molar-refractivity contribution in [3.05, 3.63) is 42.2 Å². The highest BCUT2D eigenvalue weighted by Crippen LogP contribution is 2.32. The quantitative estimate of drug-likeness (QED) is 0.608. The first-order chi connectivity index (χ1) is 13.7. The number of piperidine rings is 1. The van der Waals surface area contributed by atoms with Gasteiger partial charge in [-0.15, -0.1) is 0 Å². The molecule has 2 N–H and O–H groups in total. The van der Waals surface area contributed by atoms with E-state index in [1.165, 1.54) is 24.9 Å². The van der Waals surface area contributed by atoms with Crippen LogP contribution in [-0.4, -0.2) is 34.6 Å². The fourth-order valence-electron chi connectivity index (χ4n) is 3.44. The molecular formula is C21H26N6S. The molecule has 0 saturated carbocycles. The van der Waals surface area contributed by atoms with Gasteiger partial charge in [0.2, 0.25) is 5.95 Å². The minimum atomic E-state index is 0.598. The molecule has 1 saturated heterocycles. The Balaban J connectivity index is 1.49. The molecule has 6 nitrogen and oxygen atoms in total. The standard InChI is InChI=1S/C21H26N6S/c1-3-22-21-24-15(2)19(28-21)18-11-12-23-20(26-18)25-16-7-9-17(10-8-16)27-13-5-4-6-14-27/h7-12H,3-6,13-14H2,1-2H3,(H,22,24)(H,23,25,26). The zero-order chi connectivity index (χ0) is 19.3. The topological polar surface area (TPSA) is 66.0 Å². The number of thiazole rings is 1. The van der Waals surface area contributed by atoms with Crippen LogP contribution in [0.15, 0.2) is 36.5 Å². The predicted octanol–water partition coefficient (Wildman–Crippen LogP) is 5.07. The summed E-state index contributed by atoms with van der Waals surface area (Å²) in [5.41, 5.74) is 4.15. The minimum Gasteiger partial charge on any atom is -0.372 e. The van der Waals surface area contributed by atoms with Crippen molar-refractivity contribution in [3.63, 3.8) is 0 Å². The van der Waals surface area contributed by atoms with E-state index in [1.807, 2.05) is 13.0 Å². The minimum absolute atomic E-state index is 0.598. The highest BCUT2D eigenvalue weighted by Gasteiger charge is 2.13. The van der Waals surface area contributed by atoms with Crippen molar-refractivity contribution in [1.29, 1.82) is 0 Å². The number of aryl methyl sites for hydroxylation is 1. The van der Waals surface area contributed by atoms with Gasteiger partial charge in [0.15, 0.2) is 5.13 Å². The first-order valence-corrected chi connectivity index (χ1v) is 10.7. The van der Waals surface area contributed by atoms with Crippen LogP contribution in [0.2, 0.25) is 0 Å². The van der Waals surface area contributed by atoms with Crippen molar-refractivity contribution in [2.24, 2.45) is 0 Å². The van der Waals surface area contributed by atoms with Gasteiger partial charge >= 0.3 is 0 Å². The molecule has 3 heterocycles. The van der Waals surface area contributed by atoms with Gasteiger partial charge in [0.25, 0.3) is 0 Å². The molecule has 146 valence electrons. The van der Waals surface area contributed by atoms with E-state index in [0.29, 0.717) is 5.95 Å². The molecule has 4 rings (SSSR count). The zero-order valence-electron chi connectivity index (χ0n) is 16.4. The fraction of sp³-hybridized carbons (Fsp3) is 0.381. The lowest BCUT2D eigenvalue weighted by Crippen LogP contribution is -2.29. The maximum atomic E-state index is 4.69. The number of rotatable bonds is 6. The largest absolute Gasteiger partial charge is 0.372 e. The SMILES string of the molecule is CCNc1nc(C)c(-c2ccnc(Nc3ccc(N4CCCCC4)cc3)n2)s1. The summed E-state index contributed by atoms with van der Waals surface area (Å²) >= 11 is 1.62. The molecule has 1 fully saturated rings. The van der Waals surface area contributed by atoms with Gasteiger partial charge in [0.05, 0.1) is 16.3 Å². The molecule has 0 radical (unpaired) electrons. The van der Waals surface area contributed by atoms with Crippen LogP contribution in [0.5, 0.6) is 0 Å². The average molecular weight is 395 g/mol. The van der Waals surface area contributed by atoms with E-state index in [9.17, 15) is 0 Å². The number of hydrogen-bond donors (Lipinski definition) is 2. The molecule has 1 aromatic carbocycles. The molecule has 0 spiro atoms. The van der Waals surface area contributed by atoms with Crippen molar-refractivity contribution < 1.29 is 0 Å². The Kier molecular flexibility index (Phi) is 5.71. The number of nitrogens with zero attached hydrogens (tertiary/aromatic N) is 4. The molecule has 0 amide bonds. The summed E-state index contributed by atoms with van der Waals surface area (Å²) < 4.78 is 0. The van der Waals surface area contributed by atoms with Gasteiger partial charge in [-0.2, -0.15) is 0 Å². The smallest absolute Gasteiger partial charge is 0.227 e. The second-order valence-corrected chi connectivity index (χ2v) is 7.95. The molecule has 7 heteroatoms. The maximum absolute atomic E-state index is 4.69. The number of hydrogen-bond acceptors (Lipinski definition) is 7. The maximum Gasteiger partial charge on any atom is 0.227 e. The van der Waals surface area contributed by atoms with Crippen molar-refractivity contribution in [2.45, 2.75) is 33.1 Å². The number of anilines is 4. The predicted molar refractivity (Wildman–Crippen MR) is 118 cm³/mol. The number of benzene rings is 1.